The number of phenolic OH excluding ortho intramolecular Hbond substituents is 1. The molecule has 1 spiro atoms. The number of aliphatic carboxylic acids is 1. The first-order valence-corrected chi connectivity index (χ1v) is 9.88. The zero-order valence-electron chi connectivity index (χ0n) is 16.0. The van der Waals surface area contributed by atoms with Crippen molar-refractivity contribution in [3.05, 3.63) is 29.3 Å². The molecular weight excluding hydrogens is 378 g/mol. The van der Waals surface area contributed by atoms with Crippen LogP contribution in [0.3, 0.4) is 0 Å². The molecule has 29 heavy (non-hydrogen) atoms. The molecule has 4 aliphatic rings. The van der Waals surface area contributed by atoms with E-state index in [2.05, 4.69) is 18.0 Å². The molecular formula is C21H23NO7. The molecule has 5 rings (SSSR count). The fourth-order valence-electron chi connectivity index (χ4n) is 5.76. The third-order valence-corrected chi connectivity index (χ3v) is 7.00. The number of hydrogen-bond acceptors (Lipinski definition) is 7. The summed E-state index contributed by atoms with van der Waals surface area (Å²) in [5, 5.41) is 30.1. The van der Waals surface area contributed by atoms with Gasteiger partial charge in [0.25, 0.3) is 0 Å². The van der Waals surface area contributed by atoms with Crippen LogP contribution in [0.25, 0.3) is 0 Å². The van der Waals surface area contributed by atoms with Crippen LogP contribution in [-0.4, -0.2) is 64.0 Å². The van der Waals surface area contributed by atoms with Gasteiger partial charge in [0, 0.05) is 34.6 Å². The monoisotopic (exact) mass is 401 g/mol. The Morgan fingerprint density at radius 3 is 2.90 bits per heavy atom. The lowest BCUT2D eigenvalue weighted by atomic mass is 9.53. The van der Waals surface area contributed by atoms with Gasteiger partial charge in [-0.25, -0.2) is 0 Å². The van der Waals surface area contributed by atoms with E-state index in [0.29, 0.717) is 12.2 Å². The van der Waals surface area contributed by atoms with E-state index in [1.807, 2.05) is 0 Å². The highest BCUT2D eigenvalue weighted by molar-refractivity contribution is 5.79. The van der Waals surface area contributed by atoms with Gasteiger partial charge in [0.05, 0.1) is 12.8 Å². The lowest BCUT2D eigenvalue weighted by Crippen LogP contribution is -2.64. The first kappa shape index (κ1) is 18.4. The summed E-state index contributed by atoms with van der Waals surface area (Å²) in [5.41, 5.74) is 1.16. The predicted octanol–water partition coefficient (Wildman–Crippen LogP) is 0.968. The average Bonchev–Trinajstić information content (AvgIpc) is 3.02. The molecule has 1 saturated heterocycles. The van der Waals surface area contributed by atoms with Gasteiger partial charge in [-0.05, 0) is 26.4 Å². The molecule has 2 bridgehead atoms. The van der Waals surface area contributed by atoms with Crippen molar-refractivity contribution in [3.63, 3.8) is 0 Å². The molecule has 3 N–H and O–H groups in total. The van der Waals surface area contributed by atoms with Crippen LogP contribution in [0.15, 0.2) is 18.2 Å². The van der Waals surface area contributed by atoms with E-state index >= 15 is 0 Å². The SMILES string of the molecule is CN1CC[C@]23c4c5c(OC(=O)CCC(=O)O)cc(O)c4O[C@H]2[C@@H](O)C=C[C@H]3[C@H]1C5. The van der Waals surface area contributed by atoms with Gasteiger partial charge >= 0.3 is 11.9 Å². The number of benzene rings is 1. The number of likely N-dealkylation sites (tertiary alicyclic amines) is 1. The molecule has 0 radical (unpaired) electrons. The van der Waals surface area contributed by atoms with E-state index in [4.69, 9.17) is 14.6 Å². The Morgan fingerprint density at radius 2 is 2.14 bits per heavy atom. The maximum absolute atomic E-state index is 12.2. The second kappa shape index (κ2) is 6.21. The topological polar surface area (TPSA) is 117 Å². The first-order chi connectivity index (χ1) is 13.8. The van der Waals surface area contributed by atoms with Crippen LogP contribution in [0.2, 0.25) is 0 Å². The van der Waals surface area contributed by atoms with Gasteiger partial charge < -0.3 is 29.7 Å². The van der Waals surface area contributed by atoms with Crippen molar-refractivity contribution < 1.29 is 34.4 Å². The van der Waals surface area contributed by atoms with E-state index in [9.17, 15) is 19.8 Å². The van der Waals surface area contributed by atoms with Crippen molar-refractivity contribution in [1.82, 2.24) is 4.90 Å². The van der Waals surface area contributed by atoms with Gasteiger partial charge in [0.1, 0.15) is 18.0 Å². The molecule has 1 fully saturated rings. The molecule has 8 nitrogen and oxygen atoms in total. The number of ether oxygens (including phenoxy) is 2. The highest BCUT2D eigenvalue weighted by Gasteiger charge is 2.64. The van der Waals surface area contributed by atoms with Crippen molar-refractivity contribution in [2.75, 3.05) is 13.6 Å². The number of carboxylic acid groups (broad SMARTS) is 1. The predicted molar refractivity (Wildman–Crippen MR) is 100 cm³/mol. The van der Waals surface area contributed by atoms with Crippen LogP contribution in [0.4, 0.5) is 0 Å². The second-order valence-corrected chi connectivity index (χ2v) is 8.43. The molecule has 1 aromatic rings. The van der Waals surface area contributed by atoms with Crippen molar-refractivity contribution >= 4 is 11.9 Å². The Balaban J connectivity index is 1.63. The molecule has 1 aromatic carbocycles. The number of hydrogen-bond donors (Lipinski definition) is 3. The summed E-state index contributed by atoms with van der Waals surface area (Å²) in [6.45, 7) is 0.837. The standard InChI is InChI=1S/C21H23NO7/c1-22-7-6-21-11-2-3-13(23)20(21)29-19-14(24)9-15(10(18(19)21)8-12(11)22)28-17(27)5-4-16(25)26/h2-3,9,11-13,20,23-24H,4-8H2,1H3,(H,25,26)/t11-,12+,13-,20-,21-/m0/s1. The molecule has 8 heteroatoms. The molecule has 2 aliphatic carbocycles. The van der Waals surface area contributed by atoms with Gasteiger partial charge in [0.2, 0.25) is 0 Å². The number of carbonyl (C=O) groups excluding carboxylic acids is 1. The van der Waals surface area contributed by atoms with Crippen LogP contribution in [0, 0.1) is 5.92 Å². The lowest BCUT2D eigenvalue weighted by Gasteiger charge is -2.56. The molecule has 0 unspecified atom stereocenters. The third kappa shape index (κ3) is 2.45. The molecule has 0 saturated carbocycles. The number of esters is 1. The van der Waals surface area contributed by atoms with E-state index in [0.717, 1.165) is 24.1 Å². The number of rotatable bonds is 4. The van der Waals surface area contributed by atoms with Crippen molar-refractivity contribution in [2.24, 2.45) is 5.92 Å². The van der Waals surface area contributed by atoms with Gasteiger partial charge in [-0.1, -0.05) is 12.2 Å². The zero-order chi connectivity index (χ0) is 20.5. The Morgan fingerprint density at radius 1 is 1.34 bits per heavy atom. The minimum atomic E-state index is -1.07. The van der Waals surface area contributed by atoms with Crippen LogP contribution in [0.5, 0.6) is 17.2 Å². The van der Waals surface area contributed by atoms with Crippen LogP contribution in [0.1, 0.15) is 30.4 Å². The number of phenols is 1. The summed E-state index contributed by atoms with van der Waals surface area (Å²) in [7, 11) is 2.06. The molecule has 0 aromatic heterocycles. The Kier molecular flexibility index (Phi) is 3.95. The van der Waals surface area contributed by atoms with Crippen LogP contribution >= 0.6 is 0 Å². The fourth-order valence-corrected chi connectivity index (χ4v) is 5.76. The normalized spacial score (nSPS) is 33.7. The Labute approximate surface area is 167 Å². The molecule has 5 atom stereocenters. The summed E-state index contributed by atoms with van der Waals surface area (Å²) in [5.74, 6) is -1.11. The fraction of sp³-hybridized carbons (Fsp3) is 0.524. The minimum absolute atomic E-state index is 0.126. The number of aliphatic hydroxyl groups excluding tert-OH is 1. The van der Waals surface area contributed by atoms with Gasteiger partial charge in [-0.3, -0.25) is 9.59 Å². The zero-order valence-corrected chi connectivity index (χ0v) is 16.0. The molecule has 154 valence electrons. The average molecular weight is 401 g/mol. The van der Waals surface area contributed by atoms with Gasteiger partial charge in [0.15, 0.2) is 11.5 Å². The number of aliphatic hydroxyl groups is 1. The third-order valence-electron chi connectivity index (χ3n) is 7.00. The van der Waals surface area contributed by atoms with Crippen LogP contribution in [-0.2, 0) is 21.4 Å². The van der Waals surface area contributed by atoms with E-state index < -0.39 is 29.6 Å². The smallest absolute Gasteiger partial charge is 0.311 e. The molecule has 0 amide bonds. The van der Waals surface area contributed by atoms with Crippen molar-refractivity contribution in [3.8, 4) is 17.2 Å². The largest absolute Gasteiger partial charge is 0.504 e. The summed E-state index contributed by atoms with van der Waals surface area (Å²) in [6.07, 6.45) is 3.37. The van der Waals surface area contributed by atoms with E-state index in [-0.39, 0.29) is 36.3 Å². The second-order valence-electron chi connectivity index (χ2n) is 8.43. The number of nitrogens with zero attached hydrogens (tertiary/aromatic N) is 1. The van der Waals surface area contributed by atoms with Crippen molar-refractivity contribution in [1.29, 1.82) is 0 Å². The number of aromatic hydroxyl groups is 1. The van der Waals surface area contributed by atoms with E-state index in [1.165, 1.54) is 6.07 Å². The maximum Gasteiger partial charge on any atom is 0.311 e. The van der Waals surface area contributed by atoms with Gasteiger partial charge in [-0.15, -0.1) is 0 Å². The summed E-state index contributed by atoms with van der Waals surface area (Å²) in [4.78, 5) is 25.2. The van der Waals surface area contributed by atoms with Crippen molar-refractivity contribution in [2.45, 2.75) is 49.3 Å². The number of likely N-dealkylation sites (N-methyl/N-ethyl adjacent to an activating group) is 1. The summed E-state index contributed by atoms with van der Waals surface area (Å²) >= 11 is 0. The van der Waals surface area contributed by atoms with E-state index in [1.54, 1.807) is 6.08 Å². The minimum Gasteiger partial charge on any atom is -0.504 e. The highest BCUT2D eigenvalue weighted by Crippen LogP contribution is 2.63. The summed E-state index contributed by atoms with van der Waals surface area (Å²) in [6, 6.07) is 1.52. The van der Waals surface area contributed by atoms with Gasteiger partial charge in [-0.2, -0.15) is 0 Å². The lowest BCUT2D eigenvalue weighted by molar-refractivity contribution is -0.142. The Hall–Kier alpha value is -2.58. The Bertz CT molecular complexity index is 941. The highest BCUT2D eigenvalue weighted by atomic mass is 16.5. The first-order valence-electron chi connectivity index (χ1n) is 9.88. The number of carboxylic acids is 1. The number of carbonyl (C=O) groups is 2. The molecule has 2 aliphatic heterocycles. The molecule has 2 heterocycles. The maximum atomic E-state index is 12.2. The van der Waals surface area contributed by atoms with Crippen LogP contribution < -0.4 is 9.47 Å². The quantitative estimate of drug-likeness (QED) is 0.388. The summed E-state index contributed by atoms with van der Waals surface area (Å²) < 4.78 is 11.6. The number of piperidine rings is 1.